The first-order valence-corrected chi connectivity index (χ1v) is 12.9. The number of nitriles is 2. The van der Waals surface area contributed by atoms with Crippen LogP contribution in [0.3, 0.4) is 0 Å². The highest BCUT2D eigenvalue weighted by Gasteiger charge is 2.32. The second-order valence-corrected chi connectivity index (χ2v) is 10.9. The standard InChI is InChI=1S/C29H32FN7O2/c1-17-21(12-14-24(30)33-17)25(35-39-29(2,3)4)18-7-10-20(11-8-18)36(5)27-22(16-32)28(38)37(6)23-13-9-19(15-31)34-26(23)27/h9,12-14,18,20H,7-8,10-11H2,1-6H3/b35-25-. The Bertz CT molecular complexity index is 1580. The molecular formula is C29H32FN7O2. The third-order valence-electron chi connectivity index (χ3n) is 7.17. The van der Waals surface area contributed by atoms with E-state index in [9.17, 15) is 19.7 Å². The molecule has 4 rings (SSSR count). The molecule has 9 nitrogen and oxygen atoms in total. The molecule has 3 heterocycles. The predicted octanol–water partition coefficient (Wildman–Crippen LogP) is 4.73. The number of oxime groups is 1. The minimum atomic E-state index is -0.541. The third-order valence-corrected chi connectivity index (χ3v) is 7.17. The summed E-state index contributed by atoms with van der Waals surface area (Å²) in [6.07, 6.45) is 3.03. The van der Waals surface area contributed by atoms with Gasteiger partial charge in [0.1, 0.15) is 34.5 Å². The van der Waals surface area contributed by atoms with Crippen molar-refractivity contribution in [1.29, 1.82) is 10.5 Å². The van der Waals surface area contributed by atoms with Crippen LogP contribution in [0.4, 0.5) is 10.1 Å². The van der Waals surface area contributed by atoms with Crippen LogP contribution in [0.5, 0.6) is 0 Å². The molecule has 202 valence electrons. The molecule has 0 unspecified atom stereocenters. The third kappa shape index (κ3) is 5.61. The highest BCUT2D eigenvalue weighted by Crippen LogP contribution is 2.35. The SMILES string of the molecule is Cc1nc(F)ccc1/C(=N\OC(C)(C)C)C1CCC(N(C)c2c(C#N)c(=O)n(C)c3ccc(C#N)nc23)CC1. The summed E-state index contributed by atoms with van der Waals surface area (Å²) in [5.41, 5.74) is 2.83. The molecule has 1 aliphatic rings. The second kappa shape index (κ2) is 10.8. The summed E-state index contributed by atoms with van der Waals surface area (Å²) in [7, 11) is 3.47. The van der Waals surface area contributed by atoms with Gasteiger partial charge in [-0.25, -0.2) is 9.97 Å². The van der Waals surface area contributed by atoms with Gasteiger partial charge in [0.25, 0.3) is 5.56 Å². The molecule has 0 spiro atoms. The molecule has 0 aliphatic heterocycles. The van der Waals surface area contributed by atoms with E-state index < -0.39 is 17.1 Å². The van der Waals surface area contributed by atoms with E-state index in [1.807, 2.05) is 38.8 Å². The molecule has 1 fully saturated rings. The van der Waals surface area contributed by atoms with Gasteiger partial charge in [-0.2, -0.15) is 14.9 Å². The van der Waals surface area contributed by atoms with E-state index in [4.69, 9.17) is 4.84 Å². The molecule has 0 atom stereocenters. The number of hydrogen-bond donors (Lipinski definition) is 0. The Balaban J connectivity index is 1.67. The summed E-state index contributed by atoms with van der Waals surface area (Å²) in [4.78, 5) is 29.3. The normalized spacial score (nSPS) is 17.9. The molecule has 3 aromatic rings. The monoisotopic (exact) mass is 529 g/mol. The van der Waals surface area contributed by atoms with Crippen LogP contribution in [0.2, 0.25) is 0 Å². The summed E-state index contributed by atoms with van der Waals surface area (Å²) in [5.74, 6) is -0.484. The van der Waals surface area contributed by atoms with Gasteiger partial charge in [-0.05, 0) is 77.6 Å². The molecule has 0 N–H and O–H groups in total. The van der Waals surface area contributed by atoms with Crippen LogP contribution >= 0.6 is 0 Å². The fraction of sp³-hybridized carbons (Fsp3) is 0.448. The number of aromatic nitrogens is 3. The first-order valence-electron chi connectivity index (χ1n) is 12.9. The van der Waals surface area contributed by atoms with Crippen molar-refractivity contribution < 1.29 is 9.23 Å². The zero-order valence-corrected chi connectivity index (χ0v) is 23.1. The van der Waals surface area contributed by atoms with Crippen LogP contribution in [-0.2, 0) is 11.9 Å². The molecule has 0 amide bonds. The number of halogens is 1. The zero-order valence-electron chi connectivity index (χ0n) is 23.1. The quantitative estimate of drug-likeness (QED) is 0.266. The van der Waals surface area contributed by atoms with Gasteiger partial charge in [0.05, 0.1) is 16.9 Å². The van der Waals surface area contributed by atoms with Crippen molar-refractivity contribution in [3.8, 4) is 12.1 Å². The van der Waals surface area contributed by atoms with Crippen molar-refractivity contribution in [2.45, 2.75) is 65.0 Å². The number of fused-ring (bicyclic) bond motifs is 1. The molecule has 0 radical (unpaired) electrons. The lowest BCUT2D eigenvalue weighted by Gasteiger charge is -2.37. The van der Waals surface area contributed by atoms with Gasteiger partial charge in [0.2, 0.25) is 5.95 Å². The average molecular weight is 530 g/mol. The average Bonchev–Trinajstić information content (AvgIpc) is 2.90. The first-order chi connectivity index (χ1) is 18.4. The summed E-state index contributed by atoms with van der Waals surface area (Å²) < 4.78 is 15.1. The van der Waals surface area contributed by atoms with Gasteiger partial charge in [0, 0.05) is 37.3 Å². The summed E-state index contributed by atoms with van der Waals surface area (Å²) in [6, 6.07) is 10.4. The van der Waals surface area contributed by atoms with Gasteiger partial charge in [-0.1, -0.05) is 5.16 Å². The lowest BCUT2D eigenvalue weighted by molar-refractivity contribution is -0.0000447. The largest absolute Gasteiger partial charge is 0.390 e. The highest BCUT2D eigenvalue weighted by molar-refractivity contribution is 6.02. The van der Waals surface area contributed by atoms with Crippen LogP contribution in [0, 0.1) is 41.5 Å². The van der Waals surface area contributed by atoms with Gasteiger partial charge < -0.3 is 14.3 Å². The first kappa shape index (κ1) is 27.7. The van der Waals surface area contributed by atoms with Crippen molar-refractivity contribution in [1.82, 2.24) is 14.5 Å². The van der Waals surface area contributed by atoms with E-state index in [0.717, 1.165) is 37.0 Å². The number of anilines is 1. The number of pyridine rings is 3. The number of nitrogens with zero attached hydrogens (tertiary/aromatic N) is 7. The Kier molecular flexibility index (Phi) is 7.69. The molecular weight excluding hydrogens is 497 g/mol. The van der Waals surface area contributed by atoms with Gasteiger partial charge in [-0.3, -0.25) is 4.79 Å². The van der Waals surface area contributed by atoms with E-state index in [-0.39, 0.29) is 23.2 Å². The van der Waals surface area contributed by atoms with Crippen LogP contribution in [0.15, 0.2) is 34.2 Å². The van der Waals surface area contributed by atoms with Crippen molar-refractivity contribution in [3.63, 3.8) is 0 Å². The maximum atomic E-state index is 13.7. The molecule has 1 aliphatic carbocycles. The molecule has 0 saturated heterocycles. The van der Waals surface area contributed by atoms with E-state index in [1.165, 1.54) is 10.6 Å². The predicted molar refractivity (Wildman–Crippen MR) is 147 cm³/mol. The van der Waals surface area contributed by atoms with Crippen LogP contribution < -0.4 is 10.5 Å². The number of hydrogen-bond acceptors (Lipinski definition) is 8. The topological polar surface area (TPSA) is 120 Å². The minimum absolute atomic E-state index is 0.00560. The van der Waals surface area contributed by atoms with Crippen molar-refractivity contribution in [2.75, 3.05) is 11.9 Å². The van der Waals surface area contributed by atoms with Gasteiger partial charge >= 0.3 is 0 Å². The molecule has 0 bridgehead atoms. The fourth-order valence-corrected chi connectivity index (χ4v) is 5.15. The van der Waals surface area contributed by atoms with Crippen LogP contribution in [-0.4, -0.2) is 38.9 Å². The summed E-state index contributed by atoms with van der Waals surface area (Å²) >= 11 is 0. The smallest absolute Gasteiger partial charge is 0.270 e. The minimum Gasteiger partial charge on any atom is -0.390 e. The van der Waals surface area contributed by atoms with Crippen LogP contribution in [0.25, 0.3) is 11.0 Å². The number of rotatable bonds is 5. The second-order valence-electron chi connectivity index (χ2n) is 10.9. The summed E-state index contributed by atoms with van der Waals surface area (Å²) in [6.45, 7) is 7.52. The maximum absolute atomic E-state index is 13.7. The lowest BCUT2D eigenvalue weighted by Crippen LogP contribution is -2.39. The van der Waals surface area contributed by atoms with E-state index in [0.29, 0.717) is 22.4 Å². The van der Waals surface area contributed by atoms with Crippen molar-refractivity contribution >= 4 is 22.4 Å². The fourth-order valence-electron chi connectivity index (χ4n) is 5.15. The molecule has 10 heteroatoms. The molecule has 3 aromatic heterocycles. The Labute approximate surface area is 227 Å². The Morgan fingerprint density at radius 1 is 1.13 bits per heavy atom. The summed E-state index contributed by atoms with van der Waals surface area (Å²) in [5, 5.41) is 23.9. The van der Waals surface area contributed by atoms with Gasteiger partial charge in [-0.15, -0.1) is 0 Å². The van der Waals surface area contributed by atoms with E-state index >= 15 is 0 Å². The zero-order chi connectivity index (χ0) is 28.5. The molecule has 0 aromatic carbocycles. The Hall–Kier alpha value is -4.31. The lowest BCUT2D eigenvalue weighted by atomic mass is 9.80. The number of aryl methyl sites for hydroxylation is 2. The van der Waals surface area contributed by atoms with E-state index in [2.05, 4.69) is 21.2 Å². The van der Waals surface area contributed by atoms with E-state index in [1.54, 1.807) is 32.2 Å². The Morgan fingerprint density at radius 3 is 2.41 bits per heavy atom. The maximum Gasteiger partial charge on any atom is 0.270 e. The van der Waals surface area contributed by atoms with Crippen molar-refractivity contribution in [2.24, 2.45) is 18.1 Å². The molecule has 1 saturated carbocycles. The Morgan fingerprint density at radius 2 is 1.82 bits per heavy atom. The van der Waals surface area contributed by atoms with Crippen LogP contribution in [0.1, 0.15) is 69.0 Å². The highest BCUT2D eigenvalue weighted by atomic mass is 19.1. The molecule has 39 heavy (non-hydrogen) atoms. The van der Waals surface area contributed by atoms with Crippen molar-refractivity contribution in [3.05, 3.63) is 63.1 Å². The van der Waals surface area contributed by atoms with Gasteiger partial charge in [0.15, 0.2) is 0 Å².